The fourth-order valence-corrected chi connectivity index (χ4v) is 1.01. The van der Waals surface area contributed by atoms with Crippen molar-refractivity contribution in [2.45, 2.75) is 19.4 Å². The van der Waals surface area contributed by atoms with Gasteiger partial charge in [0.25, 0.3) is 0 Å². The zero-order valence-corrected chi connectivity index (χ0v) is 7.39. The molecule has 0 spiro atoms. The lowest BCUT2D eigenvalue weighted by Gasteiger charge is -2.07. The molecule has 0 saturated heterocycles. The topological polar surface area (TPSA) is 72.4 Å². The Kier molecular flexibility index (Phi) is 6.74. The second kappa shape index (κ2) is 6.72. The van der Waals surface area contributed by atoms with E-state index < -0.39 is 11.1 Å². The van der Waals surface area contributed by atoms with Gasteiger partial charge in [0.15, 0.2) is 0 Å². The number of hydrogen-bond donors (Lipinski definition) is 2. The largest absolute Gasteiger partial charge is 0.772 e. The fourth-order valence-electron chi connectivity index (χ4n) is 0.626. The van der Waals surface area contributed by atoms with Crippen molar-refractivity contribution in [3.05, 3.63) is 0 Å². The number of rotatable bonds is 6. The van der Waals surface area contributed by atoms with Crippen LogP contribution in [0.3, 0.4) is 0 Å². The Bertz CT molecular complexity index is 118. The molecule has 2 unspecified atom stereocenters. The molecule has 68 valence electrons. The molecule has 0 heterocycles. The van der Waals surface area contributed by atoms with Crippen LogP contribution < -0.4 is 5.32 Å². The number of aliphatic hydroxyl groups excluding tert-OH is 1. The van der Waals surface area contributed by atoms with Gasteiger partial charge in [-0.1, -0.05) is 11.1 Å². The summed E-state index contributed by atoms with van der Waals surface area (Å²) in [5.74, 6) is 0.187. The van der Waals surface area contributed by atoms with Crippen LogP contribution in [0.5, 0.6) is 0 Å². The highest BCUT2D eigenvalue weighted by molar-refractivity contribution is 7.79. The van der Waals surface area contributed by atoms with E-state index >= 15 is 0 Å². The van der Waals surface area contributed by atoms with Gasteiger partial charge in [-0.3, -0.25) is 4.21 Å². The van der Waals surface area contributed by atoms with E-state index in [0.29, 0.717) is 19.5 Å². The van der Waals surface area contributed by atoms with Gasteiger partial charge in [0, 0.05) is 12.3 Å². The lowest BCUT2D eigenvalue weighted by Crippen LogP contribution is -2.26. The van der Waals surface area contributed by atoms with Crippen LogP contribution in [0.2, 0.25) is 0 Å². The molecule has 5 heteroatoms. The standard InChI is InChI=1S/C6H15NO3S/c1-6(8)5-7-3-2-4-11(9)10/h6-8H,2-5H2,1H3,(H,9,10)/p-1. The van der Waals surface area contributed by atoms with Crippen molar-refractivity contribution in [1.29, 1.82) is 0 Å². The summed E-state index contributed by atoms with van der Waals surface area (Å²) in [6, 6.07) is 0. The van der Waals surface area contributed by atoms with Crippen molar-refractivity contribution in [3.8, 4) is 0 Å². The van der Waals surface area contributed by atoms with E-state index in [1.807, 2.05) is 0 Å². The number of aliphatic hydroxyl groups is 1. The van der Waals surface area contributed by atoms with E-state index in [4.69, 9.17) is 5.11 Å². The Morgan fingerprint density at radius 2 is 2.36 bits per heavy atom. The predicted octanol–water partition coefficient (Wildman–Crippen LogP) is -0.774. The third kappa shape index (κ3) is 10.0. The molecule has 11 heavy (non-hydrogen) atoms. The zero-order valence-electron chi connectivity index (χ0n) is 6.58. The van der Waals surface area contributed by atoms with Crippen molar-refractivity contribution in [3.63, 3.8) is 0 Å². The van der Waals surface area contributed by atoms with E-state index in [0.717, 1.165) is 0 Å². The lowest BCUT2D eigenvalue weighted by atomic mass is 10.4. The summed E-state index contributed by atoms with van der Waals surface area (Å²) in [5, 5.41) is 11.7. The maximum atomic E-state index is 10.0. The maximum Gasteiger partial charge on any atom is 0.0636 e. The summed E-state index contributed by atoms with van der Waals surface area (Å²) in [7, 11) is 0. The van der Waals surface area contributed by atoms with Gasteiger partial charge in [-0.05, 0) is 19.9 Å². The fraction of sp³-hybridized carbons (Fsp3) is 1.00. The van der Waals surface area contributed by atoms with Crippen LogP contribution in [0, 0.1) is 0 Å². The quantitative estimate of drug-likeness (QED) is 0.416. The molecule has 0 aromatic rings. The van der Waals surface area contributed by atoms with Gasteiger partial charge in [-0.15, -0.1) is 0 Å². The highest BCUT2D eigenvalue weighted by Gasteiger charge is 1.93. The van der Waals surface area contributed by atoms with E-state index in [1.165, 1.54) is 0 Å². The third-order valence-corrected chi connectivity index (χ3v) is 1.73. The summed E-state index contributed by atoms with van der Waals surface area (Å²) in [6.07, 6.45) is 0.232. The molecular weight excluding hydrogens is 166 g/mol. The van der Waals surface area contributed by atoms with Crippen molar-refractivity contribution in [2.24, 2.45) is 0 Å². The van der Waals surface area contributed by atoms with Crippen LogP contribution in [0.15, 0.2) is 0 Å². The van der Waals surface area contributed by atoms with Crippen molar-refractivity contribution < 1.29 is 13.9 Å². The first-order valence-corrected chi connectivity index (χ1v) is 4.82. The molecule has 2 atom stereocenters. The molecule has 0 aliphatic heterocycles. The highest BCUT2D eigenvalue weighted by atomic mass is 32.2. The Labute approximate surface area is 69.3 Å². The van der Waals surface area contributed by atoms with Crippen LogP contribution in [0.25, 0.3) is 0 Å². The molecule has 0 fully saturated rings. The molecule has 0 radical (unpaired) electrons. The molecule has 0 rings (SSSR count). The molecule has 0 aromatic carbocycles. The third-order valence-electron chi connectivity index (χ3n) is 1.10. The molecule has 4 nitrogen and oxygen atoms in total. The van der Waals surface area contributed by atoms with Crippen molar-refractivity contribution in [2.75, 3.05) is 18.8 Å². The Hall–Kier alpha value is 0.0300. The van der Waals surface area contributed by atoms with Gasteiger partial charge in [0.05, 0.1) is 6.10 Å². The van der Waals surface area contributed by atoms with Crippen LogP contribution in [0.1, 0.15) is 13.3 Å². The van der Waals surface area contributed by atoms with Gasteiger partial charge < -0.3 is 15.0 Å². The Morgan fingerprint density at radius 3 is 2.82 bits per heavy atom. The van der Waals surface area contributed by atoms with E-state index in [9.17, 15) is 8.76 Å². The van der Waals surface area contributed by atoms with Gasteiger partial charge >= 0.3 is 0 Å². The monoisotopic (exact) mass is 180 g/mol. The van der Waals surface area contributed by atoms with Crippen LogP contribution >= 0.6 is 0 Å². The second-order valence-electron chi connectivity index (χ2n) is 2.41. The van der Waals surface area contributed by atoms with E-state index in [1.54, 1.807) is 6.92 Å². The van der Waals surface area contributed by atoms with E-state index in [-0.39, 0.29) is 11.9 Å². The number of hydrogen-bond acceptors (Lipinski definition) is 4. The summed E-state index contributed by atoms with van der Waals surface area (Å²) in [6.45, 7) is 2.84. The normalized spacial score (nSPS) is 16.3. The van der Waals surface area contributed by atoms with E-state index in [2.05, 4.69) is 5.32 Å². The lowest BCUT2D eigenvalue weighted by molar-refractivity contribution is 0.191. The predicted molar refractivity (Wildman–Crippen MR) is 43.0 cm³/mol. The van der Waals surface area contributed by atoms with Gasteiger partial charge in [-0.2, -0.15) is 0 Å². The molecule has 0 aliphatic rings. The Balaban J connectivity index is 2.97. The van der Waals surface area contributed by atoms with Gasteiger partial charge in [-0.25, -0.2) is 0 Å². The molecule has 0 amide bonds. The Morgan fingerprint density at radius 1 is 1.73 bits per heavy atom. The summed E-state index contributed by atoms with van der Waals surface area (Å²) in [4.78, 5) is 0. The minimum Gasteiger partial charge on any atom is -0.772 e. The SMILES string of the molecule is CC(O)CNCCCS(=O)[O-]. The minimum absolute atomic E-state index is 0.187. The maximum absolute atomic E-state index is 10.0. The molecule has 0 aromatic heterocycles. The average Bonchev–Trinajstić information content (AvgIpc) is 1.85. The van der Waals surface area contributed by atoms with Crippen LogP contribution in [-0.4, -0.2) is 38.8 Å². The average molecular weight is 180 g/mol. The van der Waals surface area contributed by atoms with Crippen LogP contribution in [0.4, 0.5) is 0 Å². The minimum atomic E-state index is -1.93. The van der Waals surface area contributed by atoms with Crippen molar-refractivity contribution in [1.82, 2.24) is 5.32 Å². The highest BCUT2D eigenvalue weighted by Crippen LogP contribution is 1.81. The first-order valence-electron chi connectivity index (χ1n) is 3.57. The summed E-state index contributed by atoms with van der Waals surface area (Å²) < 4.78 is 20.0. The zero-order chi connectivity index (χ0) is 8.69. The summed E-state index contributed by atoms with van der Waals surface area (Å²) >= 11 is -1.93. The van der Waals surface area contributed by atoms with Crippen molar-refractivity contribution >= 4 is 11.1 Å². The second-order valence-corrected chi connectivity index (χ2v) is 3.43. The molecular formula is C6H14NO3S-. The molecule has 0 bridgehead atoms. The summed E-state index contributed by atoms with van der Waals surface area (Å²) in [5.41, 5.74) is 0. The van der Waals surface area contributed by atoms with Gasteiger partial charge in [0.1, 0.15) is 0 Å². The molecule has 0 saturated carbocycles. The first kappa shape index (κ1) is 11.0. The van der Waals surface area contributed by atoms with Gasteiger partial charge in [0.2, 0.25) is 0 Å². The number of nitrogens with one attached hydrogen (secondary N) is 1. The molecule has 0 aliphatic carbocycles. The molecule has 2 N–H and O–H groups in total. The first-order chi connectivity index (χ1) is 5.13. The smallest absolute Gasteiger partial charge is 0.0636 e. The van der Waals surface area contributed by atoms with Crippen LogP contribution in [-0.2, 0) is 11.1 Å².